The summed E-state index contributed by atoms with van der Waals surface area (Å²) in [5, 5.41) is 4.67. The number of hydrogen-bond donors (Lipinski definition) is 1. The van der Waals surface area contributed by atoms with E-state index in [1.54, 1.807) is 28.0 Å². The fraction of sp³-hybridized carbons (Fsp3) is 0.200. The number of imidazole rings is 1. The minimum absolute atomic E-state index is 0.153. The lowest BCUT2D eigenvalue weighted by Crippen LogP contribution is -2.16. The summed E-state index contributed by atoms with van der Waals surface area (Å²) >= 11 is 1.57. The number of carbonyl (C=O) groups is 1. The minimum Gasteiger partial charge on any atom is -0.467 e. The highest BCUT2D eigenvalue weighted by molar-refractivity contribution is 7.09. The molecule has 0 aliphatic heterocycles. The van der Waals surface area contributed by atoms with Gasteiger partial charge in [0.25, 0.3) is 0 Å². The lowest BCUT2D eigenvalue weighted by molar-refractivity contribution is -0.137. The van der Waals surface area contributed by atoms with Crippen LogP contribution in [0.4, 0.5) is 19.1 Å². The van der Waals surface area contributed by atoms with Gasteiger partial charge in [-0.2, -0.15) is 13.2 Å². The number of anilines is 1. The molecule has 150 valence electrons. The summed E-state index contributed by atoms with van der Waals surface area (Å²) in [6.45, 7) is 0.232. The number of halogens is 3. The van der Waals surface area contributed by atoms with Gasteiger partial charge in [0.15, 0.2) is 0 Å². The Balaban J connectivity index is 1.63. The average Bonchev–Trinajstić information content (AvgIpc) is 3.41. The molecular weight excluding hydrogens is 403 g/mol. The highest BCUT2D eigenvalue weighted by Gasteiger charge is 2.31. The van der Waals surface area contributed by atoms with Crippen LogP contribution >= 0.6 is 11.3 Å². The van der Waals surface area contributed by atoms with E-state index in [2.05, 4.69) is 10.3 Å². The molecule has 0 unspecified atom stereocenters. The monoisotopic (exact) mass is 419 g/mol. The quantitative estimate of drug-likeness (QED) is 0.460. The first-order valence-electron chi connectivity index (χ1n) is 8.82. The average molecular weight is 419 g/mol. The molecular formula is C20H16F3N3O2S. The van der Waals surface area contributed by atoms with Crippen molar-refractivity contribution in [2.45, 2.75) is 25.6 Å². The Hall–Kier alpha value is -3.07. The Morgan fingerprint density at radius 2 is 2.07 bits per heavy atom. The molecule has 9 heteroatoms. The number of furan rings is 1. The lowest BCUT2D eigenvalue weighted by atomic mass is 10.2. The van der Waals surface area contributed by atoms with Crippen LogP contribution in [0.2, 0.25) is 0 Å². The fourth-order valence-electron chi connectivity index (χ4n) is 3.00. The molecule has 1 aromatic carbocycles. The van der Waals surface area contributed by atoms with Crippen LogP contribution in [0.3, 0.4) is 0 Å². The van der Waals surface area contributed by atoms with Crippen molar-refractivity contribution in [2.24, 2.45) is 0 Å². The predicted octanol–water partition coefficient (Wildman–Crippen LogP) is 5.33. The molecule has 0 saturated heterocycles. The first-order chi connectivity index (χ1) is 13.9. The Kier molecular flexibility index (Phi) is 5.14. The zero-order valence-corrected chi connectivity index (χ0v) is 15.9. The Bertz CT molecular complexity index is 1120. The molecule has 4 rings (SSSR count). The standard InChI is InChI=1S/C20H16F3N3O2S/c21-20(22,23)13-5-7-17-16(11-13)24-19(26(17)12-14-3-1-9-28-14)25-18(27)8-6-15-4-2-10-29-15/h1-5,7,9-11H,6,8,12H2,(H,24,25,27). The number of nitrogens with one attached hydrogen (secondary N) is 1. The highest BCUT2D eigenvalue weighted by Crippen LogP contribution is 2.32. The molecule has 4 aromatic rings. The van der Waals surface area contributed by atoms with Gasteiger partial charge in [0.2, 0.25) is 11.9 Å². The number of hydrogen-bond acceptors (Lipinski definition) is 4. The van der Waals surface area contributed by atoms with Gasteiger partial charge in [0, 0.05) is 11.3 Å². The van der Waals surface area contributed by atoms with Gasteiger partial charge in [0.05, 0.1) is 29.4 Å². The van der Waals surface area contributed by atoms with E-state index in [1.165, 1.54) is 12.3 Å². The van der Waals surface area contributed by atoms with Crippen molar-refractivity contribution in [3.05, 3.63) is 70.3 Å². The van der Waals surface area contributed by atoms with Gasteiger partial charge in [0.1, 0.15) is 5.76 Å². The summed E-state index contributed by atoms with van der Waals surface area (Å²) in [7, 11) is 0. The number of thiophene rings is 1. The predicted molar refractivity (Wildman–Crippen MR) is 104 cm³/mol. The molecule has 0 fully saturated rings. The Morgan fingerprint density at radius 3 is 2.76 bits per heavy atom. The van der Waals surface area contributed by atoms with E-state index in [4.69, 9.17) is 4.42 Å². The van der Waals surface area contributed by atoms with Crippen molar-refractivity contribution in [2.75, 3.05) is 5.32 Å². The minimum atomic E-state index is -4.47. The maximum Gasteiger partial charge on any atom is 0.416 e. The molecule has 3 heterocycles. The van der Waals surface area contributed by atoms with E-state index in [9.17, 15) is 18.0 Å². The third-order valence-corrected chi connectivity index (χ3v) is 5.34. The van der Waals surface area contributed by atoms with Crippen molar-refractivity contribution in [3.63, 3.8) is 0 Å². The number of aryl methyl sites for hydroxylation is 1. The number of nitrogens with zero attached hydrogens (tertiary/aromatic N) is 2. The first-order valence-corrected chi connectivity index (χ1v) is 9.70. The number of carbonyl (C=O) groups excluding carboxylic acids is 1. The van der Waals surface area contributed by atoms with Gasteiger partial charge in [-0.1, -0.05) is 6.07 Å². The normalized spacial score (nSPS) is 11.8. The third kappa shape index (κ3) is 4.34. The topological polar surface area (TPSA) is 60.1 Å². The molecule has 0 spiro atoms. The van der Waals surface area contributed by atoms with Crippen LogP contribution in [0, 0.1) is 0 Å². The van der Waals surface area contributed by atoms with Crippen LogP contribution in [0.15, 0.2) is 58.5 Å². The first kappa shape index (κ1) is 19.3. The van der Waals surface area contributed by atoms with E-state index in [0.29, 0.717) is 17.7 Å². The Morgan fingerprint density at radius 1 is 1.21 bits per heavy atom. The number of fused-ring (bicyclic) bond motifs is 1. The molecule has 29 heavy (non-hydrogen) atoms. The van der Waals surface area contributed by atoms with E-state index in [0.717, 1.165) is 17.0 Å². The van der Waals surface area contributed by atoms with Gasteiger partial charge in [-0.15, -0.1) is 11.3 Å². The smallest absolute Gasteiger partial charge is 0.416 e. The molecule has 0 radical (unpaired) electrons. The van der Waals surface area contributed by atoms with E-state index in [1.807, 2.05) is 17.5 Å². The highest BCUT2D eigenvalue weighted by atomic mass is 32.1. The summed E-state index contributed by atoms with van der Waals surface area (Å²) in [6, 6.07) is 10.7. The number of benzene rings is 1. The molecule has 1 amide bonds. The van der Waals surface area contributed by atoms with Gasteiger partial charge in [-0.25, -0.2) is 4.98 Å². The second kappa shape index (κ2) is 7.75. The molecule has 0 atom stereocenters. The van der Waals surface area contributed by atoms with Gasteiger partial charge >= 0.3 is 6.18 Å². The summed E-state index contributed by atoms with van der Waals surface area (Å²) in [4.78, 5) is 17.7. The molecule has 5 nitrogen and oxygen atoms in total. The second-order valence-corrected chi connectivity index (χ2v) is 7.46. The number of alkyl halides is 3. The van der Waals surface area contributed by atoms with E-state index in [-0.39, 0.29) is 30.3 Å². The molecule has 0 saturated carbocycles. The van der Waals surface area contributed by atoms with Crippen LogP contribution < -0.4 is 5.32 Å². The van der Waals surface area contributed by atoms with Crippen LogP contribution in [0.1, 0.15) is 22.6 Å². The maximum atomic E-state index is 13.1. The number of rotatable bonds is 6. The van der Waals surface area contributed by atoms with Gasteiger partial charge in [-0.3, -0.25) is 10.1 Å². The summed E-state index contributed by atoms with van der Waals surface area (Å²) in [6.07, 6.45) is -2.13. The zero-order chi connectivity index (χ0) is 20.4. The zero-order valence-electron chi connectivity index (χ0n) is 15.1. The second-order valence-electron chi connectivity index (χ2n) is 6.43. The number of aromatic nitrogens is 2. The SMILES string of the molecule is O=C(CCc1cccs1)Nc1nc2cc(C(F)(F)F)ccc2n1Cc1ccco1. The van der Waals surface area contributed by atoms with Gasteiger partial charge < -0.3 is 8.98 Å². The summed E-state index contributed by atoms with van der Waals surface area (Å²) < 4.78 is 46.2. The molecule has 0 bridgehead atoms. The van der Waals surface area contributed by atoms with Crippen LogP contribution in [0.5, 0.6) is 0 Å². The third-order valence-electron chi connectivity index (χ3n) is 4.40. The Labute approximate surface area is 167 Å². The van der Waals surface area contributed by atoms with E-state index < -0.39 is 11.7 Å². The van der Waals surface area contributed by atoms with Gasteiger partial charge in [-0.05, 0) is 48.2 Å². The van der Waals surface area contributed by atoms with Crippen molar-refractivity contribution < 1.29 is 22.4 Å². The van der Waals surface area contributed by atoms with Crippen LogP contribution in [-0.4, -0.2) is 15.5 Å². The van der Waals surface area contributed by atoms with E-state index >= 15 is 0 Å². The van der Waals surface area contributed by atoms with Crippen LogP contribution in [-0.2, 0) is 23.9 Å². The molecule has 1 N–H and O–H groups in total. The van der Waals surface area contributed by atoms with Crippen molar-refractivity contribution in [1.82, 2.24) is 9.55 Å². The number of amides is 1. The lowest BCUT2D eigenvalue weighted by Gasteiger charge is -2.09. The van der Waals surface area contributed by atoms with Crippen molar-refractivity contribution >= 4 is 34.2 Å². The molecule has 0 aliphatic rings. The summed E-state index contributed by atoms with van der Waals surface area (Å²) in [5.74, 6) is 0.524. The fourth-order valence-corrected chi connectivity index (χ4v) is 3.71. The maximum absolute atomic E-state index is 13.1. The summed E-state index contributed by atoms with van der Waals surface area (Å²) in [5.41, 5.74) is -0.161. The molecule has 3 aromatic heterocycles. The van der Waals surface area contributed by atoms with Crippen molar-refractivity contribution in [1.29, 1.82) is 0 Å². The largest absolute Gasteiger partial charge is 0.467 e. The van der Waals surface area contributed by atoms with Crippen molar-refractivity contribution in [3.8, 4) is 0 Å². The molecule has 0 aliphatic carbocycles. The van der Waals surface area contributed by atoms with Crippen LogP contribution in [0.25, 0.3) is 11.0 Å².